The predicted molar refractivity (Wildman–Crippen MR) is 69.2 cm³/mol. The van der Waals surface area contributed by atoms with Crippen molar-refractivity contribution in [1.29, 1.82) is 0 Å². The standard InChI is InChI=1S/C14H20O5/c1-10-4-3-5-13(16)19-11(2)8-12(9-15)6-7-14(17)18-10/h3,5-7,10-12,15H,4,8-9H2,1-2H3/b5-3-,7-6-/t10-,11-,12+/m1/s1. The number of carbonyl (C=O) groups excluding carboxylic acids is 2. The fourth-order valence-electron chi connectivity index (χ4n) is 1.78. The van der Waals surface area contributed by atoms with Gasteiger partial charge in [-0.05, 0) is 20.3 Å². The second kappa shape index (κ2) is 7.74. The first-order valence-electron chi connectivity index (χ1n) is 6.38. The summed E-state index contributed by atoms with van der Waals surface area (Å²) in [6.45, 7) is 3.38. The number of aliphatic hydroxyl groups is 1. The predicted octanol–water partition coefficient (Wildman–Crippen LogP) is 1.36. The van der Waals surface area contributed by atoms with Gasteiger partial charge in [-0.1, -0.05) is 12.2 Å². The molecule has 19 heavy (non-hydrogen) atoms. The molecule has 0 amide bonds. The van der Waals surface area contributed by atoms with E-state index in [-0.39, 0.29) is 24.7 Å². The Morgan fingerprint density at radius 3 is 2.47 bits per heavy atom. The minimum absolute atomic E-state index is 0.114. The molecule has 0 aromatic heterocycles. The Morgan fingerprint density at radius 2 is 1.79 bits per heavy atom. The van der Waals surface area contributed by atoms with Crippen LogP contribution in [0, 0.1) is 5.92 Å². The van der Waals surface area contributed by atoms with Gasteiger partial charge < -0.3 is 14.6 Å². The first-order valence-corrected chi connectivity index (χ1v) is 6.38. The van der Waals surface area contributed by atoms with E-state index in [9.17, 15) is 14.7 Å². The van der Waals surface area contributed by atoms with Crippen molar-refractivity contribution in [3.8, 4) is 0 Å². The molecule has 0 aromatic rings. The van der Waals surface area contributed by atoms with E-state index in [1.54, 1.807) is 26.0 Å². The minimum Gasteiger partial charge on any atom is -0.459 e. The molecule has 1 rings (SSSR count). The van der Waals surface area contributed by atoms with Crippen molar-refractivity contribution in [2.45, 2.75) is 38.9 Å². The summed E-state index contributed by atoms with van der Waals surface area (Å²) in [5, 5.41) is 9.22. The first kappa shape index (κ1) is 15.4. The molecule has 0 saturated heterocycles. The summed E-state index contributed by atoms with van der Waals surface area (Å²) in [6, 6.07) is 0. The van der Waals surface area contributed by atoms with Crippen molar-refractivity contribution in [1.82, 2.24) is 0 Å². The molecule has 0 radical (unpaired) electrons. The van der Waals surface area contributed by atoms with E-state index in [0.717, 1.165) is 0 Å². The Morgan fingerprint density at radius 1 is 1.16 bits per heavy atom. The van der Waals surface area contributed by atoms with Crippen LogP contribution in [0.1, 0.15) is 26.7 Å². The highest BCUT2D eigenvalue weighted by Crippen LogP contribution is 2.12. The summed E-state index contributed by atoms with van der Waals surface area (Å²) in [5.41, 5.74) is 0. The molecule has 1 heterocycles. The van der Waals surface area contributed by atoms with Gasteiger partial charge >= 0.3 is 11.9 Å². The Labute approximate surface area is 112 Å². The summed E-state index contributed by atoms with van der Waals surface area (Å²) in [5.74, 6) is -1.11. The molecule has 0 aliphatic carbocycles. The molecule has 3 atom stereocenters. The maximum absolute atomic E-state index is 11.5. The van der Waals surface area contributed by atoms with Crippen molar-refractivity contribution in [2.75, 3.05) is 6.61 Å². The lowest BCUT2D eigenvalue weighted by Gasteiger charge is -2.16. The number of cyclic esters (lactones) is 2. The van der Waals surface area contributed by atoms with Crippen LogP contribution < -0.4 is 0 Å². The molecule has 5 nitrogen and oxygen atoms in total. The summed E-state index contributed by atoms with van der Waals surface area (Å²) >= 11 is 0. The minimum atomic E-state index is -0.446. The average molecular weight is 268 g/mol. The Hall–Kier alpha value is -1.62. The molecular weight excluding hydrogens is 248 g/mol. The fourth-order valence-corrected chi connectivity index (χ4v) is 1.78. The van der Waals surface area contributed by atoms with Gasteiger partial charge in [0.1, 0.15) is 6.10 Å². The zero-order chi connectivity index (χ0) is 14.3. The number of esters is 2. The van der Waals surface area contributed by atoms with Crippen molar-refractivity contribution in [2.24, 2.45) is 5.92 Å². The molecule has 0 aromatic carbocycles. The fraction of sp³-hybridized carbons (Fsp3) is 0.571. The quantitative estimate of drug-likeness (QED) is 0.727. The molecule has 0 saturated carbocycles. The summed E-state index contributed by atoms with van der Waals surface area (Å²) in [4.78, 5) is 23.0. The molecule has 1 aliphatic heterocycles. The highest BCUT2D eigenvalue weighted by atomic mass is 16.5. The first-order chi connectivity index (χ1) is 9.01. The number of aliphatic hydroxyl groups excluding tert-OH is 1. The topological polar surface area (TPSA) is 72.8 Å². The maximum atomic E-state index is 11.5. The highest BCUT2D eigenvalue weighted by Gasteiger charge is 2.15. The van der Waals surface area contributed by atoms with Crippen molar-refractivity contribution in [3.05, 3.63) is 24.3 Å². The van der Waals surface area contributed by atoms with E-state index < -0.39 is 11.9 Å². The number of carbonyl (C=O) groups is 2. The number of rotatable bonds is 1. The van der Waals surface area contributed by atoms with Crippen LogP contribution in [-0.2, 0) is 19.1 Å². The van der Waals surface area contributed by atoms with E-state index in [2.05, 4.69) is 0 Å². The van der Waals surface area contributed by atoms with E-state index >= 15 is 0 Å². The largest absolute Gasteiger partial charge is 0.459 e. The van der Waals surface area contributed by atoms with Crippen molar-refractivity contribution < 1.29 is 24.2 Å². The summed E-state index contributed by atoms with van der Waals surface area (Å²) < 4.78 is 10.3. The second-order valence-corrected chi connectivity index (χ2v) is 4.67. The third kappa shape index (κ3) is 6.20. The van der Waals surface area contributed by atoms with Gasteiger partial charge in [-0.3, -0.25) is 0 Å². The van der Waals surface area contributed by atoms with E-state index in [1.807, 2.05) is 0 Å². The third-order valence-electron chi connectivity index (χ3n) is 2.73. The Kier molecular flexibility index (Phi) is 6.29. The lowest BCUT2D eigenvalue weighted by atomic mass is 10.0. The second-order valence-electron chi connectivity index (χ2n) is 4.67. The van der Waals surface area contributed by atoms with Crippen molar-refractivity contribution >= 4 is 11.9 Å². The molecule has 1 aliphatic rings. The van der Waals surface area contributed by atoms with Gasteiger partial charge in [0.05, 0.1) is 6.10 Å². The SMILES string of the molecule is C[C@@H]1C/C=C\C(=O)O[C@H](C)C[C@@H](CO)/C=C\C(=O)O1. The molecule has 0 fully saturated rings. The highest BCUT2D eigenvalue weighted by molar-refractivity contribution is 5.82. The number of ether oxygens (including phenoxy) is 2. The molecule has 1 N–H and O–H groups in total. The number of hydrogen-bond donors (Lipinski definition) is 1. The zero-order valence-corrected chi connectivity index (χ0v) is 11.2. The van der Waals surface area contributed by atoms with Crippen LogP contribution in [0.2, 0.25) is 0 Å². The smallest absolute Gasteiger partial charge is 0.330 e. The average Bonchev–Trinajstić information content (AvgIpc) is 2.33. The molecule has 0 unspecified atom stereocenters. The van der Waals surface area contributed by atoms with Crippen molar-refractivity contribution in [3.63, 3.8) is 0 Å². The molecule has 106 valence electrons. The summed E-state index contributed by atoms with van der Waals surface area (Å²) in [7, 11) is 0. The third-order valence-corrected chi connectivity index (χ3v) is 2.73. The number of hydrogen-bond acceptors (Lipinski definition) is 5. The zero-order valence-electron chi connectivity index (χ0n) is 11.2. The normalized spacial score (nSPS) is 33.1. The Balaban J connectivity index is 2.79. The van der Waals surface area contributed by atoms with Crippen LogP contribution in [0.3, 0.4) is 0 Å². The summed E-state index contributed by atoms with van der Waals surface area (Å²) in [6.07, 6.45) is 6.12. The van der Waals surface area contributed by atoms with Gasteiger partial charge in [-0.25, -0.2) is 9.59 Å². The molecular formula is C14H20O5. The molecule has 0 spiro atoms. The van der Waals surface area contributed by atoms with Gasteiger partial charge in [0.15, 0.2) is 0 Å². The lowest BCUT2D eigenvalue weighted by Crippen LogP contribution is -2.18. The van der Waals surface area contributed by atoms with Gasteiger partial charge in [0, 0.05) is 31.1 Å². The van der Waals surface area contributed by atoms with Gasteiger partial charge in [-0.15, -0.1) is 0 Å². The van der Waals surface area contributed by atoms with E-state index in [0.29, 0.717) is 12.8 Å². The van der Waals surface area contributed by atoms with Crippen LogP contribution in [0.25, 0.3) is 0 Å². The van der Waals surface area contributed by atoms with Gasteiger partial charge in [0.25, 0.3) is 0 Å². The maximum Gasteiger partial charge on any atom is 0.330 e. The lowest BCUT2D eigenvalue weighted by molar-refractivity contribution is -0.143. The monoisotopic (exact) mass is 268 g/mol. The Bertz CT molecular complexity index is 372. The van der Waals surface area contributed by atoms with E-state index in [4.69, 9.17) is 9.47 Å². The van der Waals surface area contributed by atoms with Gasteiger partial charge in [0.2, 0.25) is 0 Å². The van der Waals surface area contributed by atoms with Crippen LogP contribution in [0.4, 0.5) is 0 Å². The van der Waals surface area contributed by atoms with Crippen LogP contribution in [0.5, 0.6) is 0 Å². The van der Waals surface area contributed by atoms with Crippen LogP contribution in [0.15, 0.2) is 24.3 Å². The van der Waals surface area contributed by atoms with Crippen LogP contribution >= 0.6 is 0 Å². The van der Waals surface area contributed by atoms with Crippen LogP contribution in [-0.4, -0.2) is 35.9 Å². The molecule has 5 heteroatoms. The molecule has 0 bridgehead atoms. The van der Waals surface area contributed by atoms with E-state index in [1.165, 1.54) is 12.2 Å². The van der Waals surface area contributed by atoms with Gasteiger partial charge in [-0.2, -0.15) is 0 Å².